The zero-order chi connectivity index (χ0) is 23.5. The van der Waals surface area contributed by atoms with Gasteiger partial charge >= 0.3 is 5.97 Å². The molecule has 0 amide bonds. The summed E-state index contributed by atoms with van der Waals surface area (Å²) in [5, 5.41) is 7.75. The number of benzene rings is 2. The van der Waals surface area contributed by atoms with E-state index >= 15 is 0 Å². The number of halogens is 1. The Hall–Kier alpha value is -3.68. The van der Waals surface area contributed by atoms with Crippen molar-refractivity contribution in [2.75, 3.05) is 29.9 Å². The molecule has 8 heteroatoms. The first-order valence-electron chi connectivity index (χ1n) is 11.2. The van der Waals surface area contributed by atoms with E-state index in [9.17, 15) is 9.18 Å². The second-order valence-corrected chi connectivity index (χ2v) is 7.73. The third-order valence-corrected chi connectivity index (χ3v) is 5.80. The van der Waals surface area contributed by atoms with E-state index in [1.165, 1.54) is 6.07 Å². The number of esters is 1. The molecule has 1 unspecified atom stereocenters. The number of hydrogen-bond donors (Lipinski definition) is 1. The molecule has 0 saturated carbocycles. The zero-order valence-corrected chi connectivity index (χ0v) is 19.3. The van der Waals surface area contributed by atoms with Gasteiger partial charge in [-0.25, -0.2) is 13.9 Å². The lowest BCUT2D eigenvalue weighted by Gasteiger charge is -2.28. The molecule has 0 aliphatic carbocycles. The van der Waals surface area contributed by atoms with Crippen molar-refractivity contribution in [2.24, 2.45) is 0 Å². The number of rotatable bonds is 7. The number of allylic oxidation sites excluding steroid dienone is 1. The number of hydrogen-bond acceptors (Lipinski definition) is 6. The summed E-state index contributed by atoms with van der Waals surface area (Å²) in [5.74, 6) is -0.139. The Balaban J connectivity index is 1.83. The van der Waals surface area contributed by atoms with Gasteiger partial charge in [0, 0.05) is 24.5 Å². The molecule has 0 spiro atoms. The topological polar surface area (TPSA) is 72.3 Å². The van der Waals surface area contributed by atoms with E-state index in [-0.39, 0.29) is 12.4 Å². The van der Waals surface area contributed by atoms with E-state index in [1.54, 1.807) is 29.8 Å². The van der Waals surface area contributed by atoms with Crippen molar-refractivity contribution in [3.8, 4) is 11.4 Å². The second kappa shape index (κ2) is 9.44. The van der Waals surface area contributed by atoms with Gasteiger partial charge in [0.25, 0.3) is 0 Å². The van der Waals surface area contributed by atoms with Gasteiger partial charge in [-0.1, -0.05) is 24.3 Å². The van der Waals surface area contributed by atoms with Gasteiger partial charge in [0.15, 0.2) is 5.82 Å². The highest BCUT2D eigenvalue weighted by Crippen LogP contribution is 2.37. The Labute approximate surface area is 192 Å². The summed E-state index contributed by atoms with van der Waals surface area (Å²) in [6.45, 7) is 9.86. The van der Waals surface area contributed by atoms with Crippen molar-refractivity contribution in [1.29, 1.82) is 0 Å². The average Bonchev–Trinajstić information content (AvgIpc) is 3.23. The Morgan fingerprint density at radius 2 is 1.82 bits per heavy atom. The predicted molar refractivity (Wildman–Crippen MR) is 127 cm³/mol. The summed E-state index contributed by atoms with van der Waals surface area (Å²) in [6.07, 6.45) is 0. The van der Waals surface area contributed by atoms with Gasteiger partial charge in [0.1, 0.15) is 11.9 Å². The zero-order valence-electron chi connectivity index (χ0n) is 19.3. The maximum atomic E-state index is 14.4. The molecular formula is C25H28FN5O2. The van der Waals surface area contributed by atoms with Crippen molar-refractivity contribution >= 4 is 17.6 Å². The predicted octanol–water partition coefficient (Wildman–Crippen LogP) is 4.78. The van der Waals surface area contributed by atoms with Crippen molar-refractivity contribution in [1.82, 2.24) is 14.8 Å². The lowest BCUT2D eigenvalue weighted by Crippen LogP contribution is -2.29. The molecule has 0 bridgehead atoms. The van der Waals surface area contributed by atoms with Gasteiger partial charge in [-0.3, -0.25) is 0 Å². The van der Waals surface area contributed by atoms with E-state index in [1.807, 2.05) is 31.2 Å². The minimum Gasteiger partial charge on any atom is -0.463 e. The third-order valence-electron chi connectivity index (χ3n) is 5.80. The lowest BCUT2D eigenvalue weighted by atomic mass is 9.95. The number of carbonyl (C=O) groups is 1. The first-order chi connectivity index (χ1) is 16.0. The average molecular weight is 450 g/mol. The number of aromatic nitrogens is 3. The summed E-state index contributed by atoms with van der Waals surface area (Å²) in [5.41, 5.74) is 3.34. The molecule has 2 aromatic carbocycles. The van der Waals surface area contributed by atoms with Gasteiger partial charge in [-0.05, 0) is 57.5 Å². The van der Waals surface area contributed by atoms with Crippen molar-refractivity contribution < 1.29 is 13.9 Å². The first-order valence-corrected chi connectivity index (χ1v) is 11.2. The van der Waals surface area contributed by atoms with Crippen molar-refractivity contribution in [3.05, 3.63) is 71.2 Å². The lowest BCUT2D eigenvalue weighted by molar-refractivity contribution is -0.139. The van der Waals surface area contributed by atoms with Gasteiger partial charge in [-0.2, -0.15) is 4.98 Å². The fourth-order valence-corrected chi connectivity index (χ4v) is 4.15. The van der Waals surface area contributed by atoms with E-state index in [4.69, 9.17) is 4.74 Å². The summed E-state index contributed by atoms with van der Waals surface area (Å²) < 4.78 is 21.4. The second-order valence-electron chi connectivity index (χ2n) is 7.73. The van der Waals surface area contributed by atoms with Crippen LogP contribution in [-0.2, 0) is 9.53 Å². The van der Waals surface area contributed by atoms with Gasteiger partial charge in [0.2, 0.25) is 5.95 Å². The minimum atomic E-state index is -0.556. The summed E-state index contributed by atoms with van der Waals surface area (Å²) >= 11 is 0. The third kappa shape index (κ3) is 4.20. The number of carbonyl (C=O) groups excluding carboxylic acids is 1. The van der Waals surface area contributed by atoms with Crippen LogP contribution in [0.2, 0.25) is 0 Å². The Bertz CT molecular complexity index is 1180. The molecule has 172 valence electrons. The van der Waals surface area contributed by atoms with Crippen LogP contribution in [0.25, 0.3) is 11.4 Å². The van der Waals surface area contributed by atoms with E-state index in [0.29, 0.717) is 22.8 Å². The normalized spacial score (nSPS) is 15.1. The standard InChI is InChI=1S/C25H28FN5O2/c1-5-30(6-2)18-14-12-17(13-15-18)22-21(24(32)33-7-3)16(4)27-25-28-23(29-31(22)25)19-10-8-9-11-20(19)26/h8-15,22H,5-7H2,1-4H3,(H,27,28,29). The molecule has 33 heavy (non-hydrogen) atoms. The Morgan fingerprint density at radius 1 is 1.12 bits per heavy atom. The maximum Gasteiger partial charge on any atom is 0.338 e. The van der Waals surface area contributed by atoms with Crippen molar-refractivity contribution in [3.63, 3.8) is 0 Å². The molecule has 1 atom stereocenters. The first kappa shape index (κ1) is 22.5. The summed E-state index contributed by atoms with van der Waals surface area (Å²) in [6, 6.07) is 13.9. The Kier molecular flexibility index (Phi) is 6.44. The molecule has 3 aromatic rings. The number of fused-ring (bicyclic) bond motifs is 1. The number of nitrogens with zero attached hydrogens (tertiary/aromatic N) is 4. The number of nitrogens with one attached hydrogen (secondary N) is 1. The van der Waals surface area contributed by atoms with Crippen LogP contribution in [0.5, 0.6) is 0 Å². The van der Waals surface area contributed by atoms with E-state index < -0.39 is 17.8 Å². The van der Waals surface area contributed by atoms with E-state index in [2.05, 4.69) is 34.1 Å². The highest BCUT2D eigenvalue weighted by Gasteiger charge is 2.35. The molecule has 1 N–H and O–H groups in total. The summed E-state index contributed by atoms with van der Waals surface area (Å²) in [7, 11) is 0. The number of anilines is 2. The molecule has 0 fully saturated rings. The highest BCUT2D eigenvalue weighted by molar-refractivity contribution is 5.92. The largest absolute Gasteiger partial charge is 0.463 e. The molecule has 1 aromatic heterocycles. The quantitative estimate of drug-likeness (QED) is 0.524. The van der Waals surface area contributed by atoms with E-state index in [0.717, 1.165) is 24.3 Å². The molecule has 1 aliphatic heterocycles. The molecule has 1 aliphatic rings. The molecular weight excluding hydrogens is 421 g/mol. The van der Waals surface area contributed by atoms with Crippen LogP contribution in [0.1, 0.15) is 39.3 Å². The SMILES string of the molecule is CCOC(=O)C1=C(C)Nc2nc(-c3ccccc3F)nn2C1c1ccc(N(CC)CC)cc1. The highest BCUT2D eigenvalue weighted by atomic mass is 19.1. The van der Waals surface area contributed by atoms with Crippen LogP contribution in [0.3, 0.4) is 0 Å². The molecule has 2 heterocycles. The van der Waals surface area contributed by atoms with Crippen LogP contribution >= 0.6 is 0 Å². The minimum absolute atomic E-state index is 0.248. The van der Waals surface area contributed by atoms with Crippen LogP contribution in [0.15, 0.2) is 59.8 Å². The number of ether oxygens (including phenoxy) is 1. The molecule has 7 nitrogen and oxygen atoms in total. The fraction of sp³-hybridized carbons (Fsp3) is 0.320. The van der Waals surface area contributed by atoms with Gasteiger partial charge in [-0.15, -0.1) is 5.10 Å². The Morgan fingerprint density at radius 3 is 2.45 bits per heavy atom. The van der Waals surface area contributed by atoms with Gasteiger partial charge < -0.3 is 15.0 Å². The molecule has 0 radical (unpaired) electrons. The summed E-state index contributed by atoms with van der Waals surface area (Å²) in [4.78, 5) is 19.7. The smallest absolute Gasteiger partial charge is 0.338 e. The van der Waals surface area contributed by atoms with Crippen LogP contribution < -0.4 is 10.2 Å². The van der Waals surface area contributed by atoms with Gasteiger partial charge in [0.05, 0.1) is 17.7 Å². The maximum absolute atomic E-state index is 14.4. The fourth-order valence-electron chi connectivity index (χ4n) is 4.15. The molecule has 4 rings (SSSR count). The van der Waals surface area contributed by atoms with Crippen LogP contribution in [0.4, 0.5) is 16.0 Å². The van der Waals surface area contributed by atoms with Crippen LogP contribution in [0, 0.1) is 5.82 Å². The molecule has 0 saturated heterocycles. The monoisotopic (exact) mass is 449 g/mol. The van der Waals surface area contributed by atoms with Crippen molar-refractivity contribution in [2.45, 2.75) is 33.7 Å². The van der Waals surface area contributed by atoms with Crippen LogP contribution in [-0.4, -0.2) is 40.4 Å².